The van der Waals surface area contributed by atoms with E-state index in [-0.39, 0.29) is 6.10 Å². The fourth-order valence-electron chi connectivity index (χ4n) is 2.93. The molecule has 0 bridgehead atoms. The lowest BCUT2D eigenvalue weighted by Crippen LogP contribution is -2.40. The first-order valence-corrected chi connectivity index (χ1v) is 7.24. The molecule has 1 aliphatic rings. The van der Waals surface area contributed by atoms with Crippen LogP contribution in [0, 0.1) is 0 Å². The molecule has 0 amide bonds. The first kappa shape index (κ1) is 14.4. The molecule has 1 N–H and O–H groups in total. The largest absolute Gasteiger partial charge is 0.497 e. The van der Waals surface area contributed by atoms with Gasteiger partial charge in [-0.3, -0.25) is 4.90 Å². The zero-order chi connectivity index (χ0) is 13.7. The molecule has 1 aromatic carbocycles. The number of likely N-dealkylation sites (tertiary alicyclic amines) is 1. The normalized spacial score (nSPS) is 22.2. The Balaban J connectivity index is 2.01. The number of aliphatic hydroxyl groups is 1. The Morgan fingerprint density at radius 1 is 1.42 bits per heavy atom. The second-order valence-electron chi connectivity index (χ2n) is 5.56. The van der Waals surface area contributed by atoms with Gasteiger partial charge in [0.15, 0.2) is 0 Å². The number of piperidine rings is 1. The molecule has 2 atom stereocenters. The minimum Gasteiger partial charge on any atom is -0.497 e. The second-order valence-corrected chi connectivity index (χ2v) is 5.56. The van der Waals surface area contributed by atoms with Crippen molar-refractivity contribution in [3.63, 3.8) is 0 Å². The predicted molar refractivity (Wildman–Crippen MR) is 77.3 cm³/mol. The molecule has 0 aliphatic carbocycles. The third-order valence-corrected chi connectivity index (χ3v) is 3.88. The number of aliphatic hydroxyl groups excluding tert-OH is 1. The van der Waals surface area contributed by atoms with Gasteiger partial charge in [-0.2, -0.15) is 0 Å². The molecule has 0 saturated carbocycles. The molecule has 19 heavy (non-hydrogen) atoms. The number of hydrogen-bond donors (Lipinski definition) is 1. The zero-order valence-electron chi connectivity index (χ0n) is 12.0. The second kappa shape index (κ2) is 6.92. The van der Waals surface area contributed by atoms with E-state index in [1.807, 2.05) is 19.1 Å². The summed E-state index contributed by atoms with van der Waals surface area (Å²) in [4.78, 5) is 2.50. The molecule has 0 aromatic heterocycles. The minimum absolute atomic E-state index is 0.212. The van der Waals surface area contributed by atoms with E-state index in [0.29, 0.717) is 6.04 Å². The molecule has 106 valence electrons. The molecule has 1 heterocycles. The lowest BCUT2D eigenvalue weighted by Gasteiger charge is -2.36. The van der Waals surface area contributed by atoms with Crippen LogP contribution in [0.1, 0.15) is 38.2 Å². The molecule has 0 radical (unpaired) electrons. The van der Waals surface area contributed by atoms with Crippen LogP contribution in [0.4, 0.5) is 0 Å². The van der Waals surface area contributed by atoms with Gasteiger partial charge in [0.25, 0.3) is 0 Å². The summed E-state index contributed by atoms with van der Waals surface area (Å²) in [5.74, 6) is 0.918. The lowest BCUT2D eigenvalue weighted by atomic mass is 9.96. The van der Waals surface area contributed by atoms with Gasteiger partial charge in [0.1, 0.15) is 5.75 Å². The van der Waals surface area contributed by atoms with E-state index in [1.54, 1.807) is 7.11 Å². The Hall–Kier alpha value is -1.06. The number of benzene rings is 1. The summed E-state index contributed by atoms with van der Waals surface area (Å²) >= 11 is 0. The van der Waals surface area contributed by atoms with E-state index in [2.05, 4.69) is 17.0 Å². The van der Waals surface area contributed by atoms with Gasteiger partial charge in [0.05, 0.1) is 13.2 Å². The van der Waals surface area contributed by atoms with E-state index in [9.17, 15) is 5.11 Å². The molecule has 1 fully saturated rings. The van der Waals surface area contributed by atoms with E-state index in [4.69, 9.17) is 4.74 Å². The minimum atomic E-state index is -0.212. The van der Waals surface area contributed by atoms with Gasteiger partial charge in [0.2, 0.25) is 0 Å². The van der Waals surface area contributed by atoms with Crippen molar-refractivity contribution < 1.29 is 9.84 Å². The molecule has 2 unspecified atom stereocenters. The van der Waals surface area contributed by atoms with Crippen LogP contribution in [0.5, 0.6) is 5.75 Å². The van der Waals surface area contributed by atoms with Gasteiger partial charge in [0, 0.05) is 12.6 Å². The molecule has 1 aliphatic heterocycles. The third kappa shape index (κ3) is 4.22. The van der Waals surface area contributed by atoms with Crippen molar-refractivity contribution in [2.45, 2.75) is 51.3 Å². The van der Waals surface area contributed by atoms with Crippen molar-refractivity contribution in [2.24, 2.45) is 0 Å². The summed E-state index contributed by atoms with van der Waals surface area (Å²) in [5.41, 5.74) is 1.29. The van der Waals surface area contributed by atoms with Gasteiger partial charge >= 0.3 is 0 Å². The van der Waals surface area contributed by atoms with Crippen LogP contribution in [0.15, 0.2) is 24.3 Å². The summed E-state index contributed by atoms with van der Waals surface area (Å²) in [7, 11) is 1.70. The molecule has 0 spiro atoms. The average Bonchev–Trinajstić information content (AvgIpc) is 2.41. The van der Waals surface area contributed by atoms with E-state index >= 15 is 0 Å². The predicted octanol–water partition coefficient (Wildman–Crippen LogP) is 2.82. The summed E-state index contributed by atoms with van der Waals surface area (Å²) in [6, 6.07) is 8.79. The van der Waals surface area contributed by atoms with Crippen molar-refractivity contribution in [1.29, 1.82) is 0 Å². The lowest BCUT2D eigenvalue weighted by molar-refractivity contribution is 0.0817. The van der Waals surface area contributed by atoms with Crippen LogP contribution in [0.25, 0.3) is 0 Å². The van der Waals surface area contributed by atoms with Crippen LogP contribution < -0.4 is 4.74 Å². The summed E-state index contributed by atoms with van der Waals surface area (Å²) in [6.07, 6.45) is 4.42. The highest BCUT2D eigenvalue weighted by atomic mass is 16.5. The summed E-state index contributed by atoms with van der Waals surface area (Å²) in [5, 5.41) is 9.62. The van der Waals surface area contributed by atoms with Gasteiger partial charge in [-0.25, -0.2) is 0 Å². The van der Waals surface area contributed by atoms with Crippen molar-refractivity contribution in [1.82, 2.24) is 4.90 Å². The fourth-order valence-corrected chi connectivity index (χ4v) is 2.93. The SMILES string of the molecule is COc1cccc(CN2CCCCC2CC(C)O)c1. The number of rotatable bonds is 5. The standard InChI is InChI=1S/C16H25NO2/c1-13(18)10-15-7-3-4-9-17(15)12-14-6-5-8-16(11-14)19-2/h5-6,8,11,13,15,18H,3-4,7,9-10,12H2,1-2H3. The molecular formula is C16H25NO2. The number of nitrogens with zero attached hydrogens (tertiary/aromatic N) is 1. The highest BCUT2D eigenvalue weighted by molar-refractivity contribution is 5.28. The third-order valence-electron chi connectivity index (χ3n) is 3.88. The quantitative estimate of drug-likeness (QED) is 0.886. The molecule has 2 rings (SSSR count). The molecule has 1 aromatic rings. The van der Waals surface area contributed by atoms with Crippen molar-refractivity contribution in [3.8, 4) is 5.75 Å². The fraction of sp³-hybridized carbons (Fsp3) is 0.625. The van der Waals surface area contributed by atoms with Crippen molar-refractivity contribution in [3.05, 3.63) is 29.8 Å². The van der Waals surface area contributed by atoms with E-state index in [0.717, 1.165) is 25.3 Å². The van der Waals surface area contributed by atoms with Crippen molar-refractivity contribution >= 4 is 0 Å². The van der Waals surface area contributed by atoms with Crippen LogP contribution >= 0.6 is 0 Å². The number of methoxy groups -OCH3 is 1. The van der Waals surface area contributed by atoms with Crippen LogP contribution in [0.2, 0.25) is 0 Å². The highest BCUT2D eigenvalue weighted by Gasteiger charge is 2.23. The van der Waals surface area contributed by atoms with Gasteiger partial charge < -0.3 is 9.84 Å². The molecule has 1 saturated heterocycles. The van der Waals surface area contributed by atoms with Gasteiger partial charge in [-0.05, 0) is 50.4 Å². The van der Waals surface area contributed by atoms with Gasteiger partial charge in [-0.1, -0.05) is 18.6 Å². The van der Waals surface area contributed by atoms with E-state index < -0.39 is 0 Å². The highest BCUT2D eigenvalue weighted by Crippen LogP contribution is 2.24. The Morgan fingerprint density at radius 3 is 3.00 bits per heavy atom. The van der Waals surface area contributed by atoms with Crippen LogP contribution in [-0.4, -0.2) is 35.8 Å². The maximum Gasteiger partial charge on any atom is 0.119 e. The Bertz CT molecular complexity index is 392. The number of ether oxygens (including phenoxy) is 1. The molecule has 3 nitrogen and oxygen atoms in total. The zero-order valence-corrected chi connectivity index (χ0v) is 12.0. The smallest absolute Gasteiger partial charge is 0.119 e. The first-order valence-electron chi connectivity index (χ1n) is 7.24. The Labute approximate surface area is 116 Å². The van der Waals surface area contributed by atoms with E-state index in [1.165, 1.54) is 24.8 Å². The van der Waals surface area contributed by atoms with Gasteiger partial charge in [-0.15, -0.1) is 0 Å². The molecule has 3 heteroatoms. The first-order chi connectivity index (χ1) is 9.19. The summed E-state index contributed by atoms with van der Waals surface area (Å²) < 4.78 is 5.28. The topological polar surface area (TPSA) is 32.7 Å². The Morgan fingerprint density at radius 2 is 2.26 bits per heavy atom. The molecular weight excluding hydrogens is 238 g/mol. The maximum atomic E-state index is 9.62. The maximum absolute atomic E-state index is 9.62. The summed E-state index contributed by atoms with van der Waals surface area (Å²) in [6.45, 7) is 3.97. The van der Waals surface area contributed by atoms with Crippen LogP contribution in [0.3, 0.4) is 0 Å². The van der Waals surface area contributed by atoms with Crippen molar-refractivity contribution in [2.75, 3.05) is 13.7 Å². The van der Waals surface area contributed by atoms with Crippen LogP contribution in [-0.2, 0) is 6.54 Å². The number of hydrogen-bond acceptors (Lipinski definition) is 3. The monoisotopic (exact) mass is 263 g/mol. The average molecular weight is 263 g/mol. The Kier molecular flexibility index (Phi) is 5.23.